The maximum Gasteiger partial charge on any atom is 0.280 e. The molecule has 0 spiro atoms. The number of hydrogen-bond donors (Lipinski definition) is 1. The third-order valence-electron chi connectivity index (χ3n) is 3.62. The van der Waals surface area contributed by atoms with E-state index in [4.69, 9.17) is 25.8 Å². The molecule has 0 bridgehead atoms. The molecule has 0 saturated heterocycles. The van der Waals surface area contributed by atoms with Gasteiger partial charge in [0.1, 0.15) is 12.4 Å². The second-order valence-electron chi connectivity index (χ2n) is 5.45. The van der Waals surface area contributed by atoms with E-state index in [1.54, 1.807) is 24.3 Å². The summed E-state index contributed by atoms with van der Waals surface area (Å²) in [5.74, 6) is 0.946. The summed E-state index contributed by atoms with van der Waals surface area (Å²) >= 11 is 5.78. The Kier molecular flexibility index (Phi) is 5.77. The Bertz CT molecular complexity index is 882. The number of nitro benzene ring substituents is 1. The first kappa shape index (κ1) is 18.5. The van der Waals surface area contributed by atoms with Gasteiger partial charge in [-0.3, -0.25) is 14.9 Å². The van der Waals surface area contributed by atoms with Crippen molar-refractivity contribution >= 4 is 29.3 Å². The summed E-state index contributed by atoms with van der Waals surface area (Å²) in [7, 11) is 0. The number of nitrogens with one attached hydrogen (secondary N) is 1. The lowest BCUT2D eigenvalue weighted by molar-refractivity contribution is -0.385. The quantitative estimate of drug-likeness (QED) is 0.337. The third-order valence-corrected chi connectivity index (χ3v) is 3.87. The van der Waals surface area contributed by atoms with Gasteiger partial charge in [-0.15, -0.1) is 0 Å². The number of rotatable bonds is 7. The van der Waals surface area contributed by atoms with Gasteiger partial charge < -0.3 is 19.5 Å². The molecule has 1 aliphatic heterocycles. The summed E-state index contributed by atoms with van der Waals surface area (Å²) in [6.07, 6.45) is 2.57. The fourth-order valence-corrected chi connectivity index (χ4v) is 2.46. The molecule has 2 aromatic carbocycles. The Morgan fingerprint density at radius 2 is 1.96 bits per heavy atom. The molecule has 0 atom stereocenters. The van der Waals surface area contributed by atoms with Crippen LogP contribution in [-0.4, -0.2) is 30.8 Å². The first-order chi connectivity index (χ1) is 13.0. The van der Waals surface area contributed by atoms with Gasteiger partial charge in [0.15, 0.2) is 11.5 Å². The molecule has 0 aromatic heterocycles. The van der Waals surface area contributed by atoms with E-state index in [0.29, 0.717) is 22.3 Å². The summed E-state index contributed by atoms with van der Waals surface area (Å²) < 4.78 is 15.8. The molecule has 0 radical (unpaired) electrons. The highest BCUT2D eigenvalue weighted by Crippen LogP contribution is 2.38. The second kappa shape index (κ2) is 8.41. The lowest BCUT2D eigenvalue weighted by atomic mass is 10.1. The predicted molar refractivity (Wildman–Crippen MR) is 98.2 cm³/mol. The van der Waals surface area contributed by atoms with Crippen LogP contribution in [0.3, 0.4) is 0 Å². The lowest BCUT2D eigenvalue weighted by Crippen LogP contribution is -2.26. The number of ether oxygens (including phenoxy) is 3. The van der Waals surface area contributed by atoms with Gasteiger partial charge in [-0.25, -0.2) is 0 Å². The van der Waals surface area contributed by atoms with Crippen molar-refractivity contribution in [2.24, 2.45) is 0 Å². The molecule has 0 aliphatic carbocycles. The number of halogens is 1. The van der Waals surface area contributed by atoms with Crippen LogP contribution in [0.25, 0.3) is 6.08 Å². The zero-order valence-electron chi connectivity index (χ0n) is 14.0. The molecule has 0 saturated carbocycles. The summed E-state index contributed by atoms with van der Waals surface area (Å²) in [5.41, 5.74) is 0.0752. The van der Waals surface area contributed by atoms with Gasteiger partial charge in [0.05, 0.1) is 23.1 Å². The molecular weight excluding hydrogens is 376 g/mol. The van der Waals surface area contributed by atoms with E-state index in [-0.39, 0.29) is 31.2 Å². The summed E-state index contributed by atoms with van der Waals surface area (Å²) in [4.78, 5) is 22.5. The van der Waals surface area contributed by atoms with Crippen LogP contribution in [0, 0.1) is 10.1 Å². The zero-order chi connectivity index (χ0) is 19.2. The van der Waals surface area contributed by atoms with E-state index < -0.39 is 10.8 Å². The van der Waals surface area contributed by atoms with Crippen molar-refractivity contribution in [3.63, 3.8) is 0 Å². The van der Waals surface area contributed by atoms with Gasteiger partial charge in [0, 0.05) is 11.1 Å². The standard InChI is InChI=1S/C18H15ClN2O6/c19-13-2-4-14(5-3-13)25-8-7-20-18(22)6-1-12-9-16-17(27-11-26-16)10-15(12)21(23)24/h1-6,9-10H,7-8,11H2,(H,20,22)/b6-1+. The second-order valence-corrected chi connectivity index (χ2v) is 5.88. The molecule has 140 valence electrons. The van der Waals surface area contributed by atoms with Crippen LogP contribution in [0.2, 0.25) is 5.02 Å². The number of benzene rings is 2. The van der Waals surface area contributed by atoms with Crippen molar-refractivity contribution in [1.29, 1.82) is 0 Å². The van der Waals surface area contributed by atoms with Crippen molar-refractivity contribution in [2.45, 2.75) is 0 Å². The number of fused-ring (bicyclic) bond motifs is 1. The third kappa shape index (κ3) is 4.89. The molecular formula is C18H15ClN2O6. The van der Waals surface area contributed by atoms with Crippen molar-refractivity contribution in [3.05, 3.63) is 63.2 Å². The van der Waals surface area contributed by atoms with Crippen LogP contribution in [-0.2, 0) is 4.79 Å². The van der Waals surface area contributed by atoms with Gasteiger partial charge >= 0.3 is 0 Å². The summed E-state index contributed by atoms with van der Waals surface area (Å²) in [5, 5.41) is 14.4. The molecule has 0 fully saturated rings. The predicted octanol–water partition coefficient (Wildman–Crippen LogP) is 3.19. The topological polar surface area (TPSA) is 99.9 Å². The molecule has 1 aliphatic rings. The molecule has 1 amide bonds. The van der Waals surface area contributed by atoms with Crippen LogP contribution in [0.1, 0.15) is 5.56 Å². The van der Waals surface area contributed by atoms with Crippen molar-refractivity contribution in [2.75, 3.05) is 19.9 Å². The number of nitro groups is 1. The SMILES string of the molecule is O=C(/C=C/c1cc2c(cc1[N+](=O)[O-])OCO2)NCCOc1ccc(Cl)cc1. The van der Waals surface area contributed by atoms with Gasteiger partial charge in [-0.05, 0) is 36.4 Å². The van der Waals surface area contributed by atoms with Crippen molar-refractivity contribution < 1.29 is 23.9 Å². The molecule has 3 rings (SSSR count). The highest BCUT2D eigenvalue weighted by atomic mass is 35.5. The number of hydrogen-bond acceptors (Lipinski definition) is 6. The smallest absolute Gasteiger partial charge is 0.280 e. The van der Waals surface area contributed by atoms with Crippen molar-refractivity contribution in [1.82, 2.24) is 5.32 Å². The molecule has 1 heterocycles. The fraction of sp³-hybridized carbons (Fsp3) is 0.167. The highest BCUT2D eigenvalue weighted by Gasteiger charge is 2.22. The monoisotopic (exact) mass is 390 g/mol. The Labute approximate surface area is 159 Å². The van der Waals surface area contributed by atoms with Gasteiger partial charge in [0.2, 0.25) is 12.7 Å². The van der Waals surface area contributed by atoms with E-state index in [0.717, 1.165) is 0 Å². The van der Waals surface area contributed by atoms with Gasteiger partial charge in [-0.1, -0.05) is 11.6 Å². The van der Waals surface area contributed by atoms with E-state index in [9.17, 15) is 14.9 Å². The van der Waals surface area contributed by atoms with Crippen LogP contribution < -0.4 is 19.5 Å². The van der Waals surface area contributed by atoms with Crippen LogP contribution in [0.4, 0.5) is 5.69 Å². The number of nitrogens with zero attached hydrogens (tertiary/aromatic N) is 1. The van der Waals surface area contributed by atoms with Gasteiger partial charge in [-0.2, -0.15) is 0 Å². The molecule has 9 heteroatoms. The van der Waals surface area contributed by atoms with Gasteiger partial charge in [0.25, 0.3) is 5.69 Å². The minimum absolute atomic E-state index is 0.00770. The molecule has 1 N–H and O–H groups in total. The van der Waals surface area contributed by atoms with E-state index in [1.807, 2.05) is 0 Å². The van der Waals surface area contributed by atoms with E-state index in [1.165, 1.54) is 24.3 Å². The Morgan fingerprint density at radius 3 is 2.67 bits per heavy atom. The molecule has 2 aromatic rings. The largest absolute Gasteiger partial charge is 0.492 e. The zero-order valence-corrected chi connectivity index (χ0v) is 14.8. The van der Waals surface area contributed by atoms with Crippen LogP contribution >= 0.6 is 11.6 Å². The maximum absolute atomic E-state index is 11.9. The van der Waals surface area contributed by atoms with E-state index in [2.05, 4.69) is 5.32 Å². The minimum Gasteiger partial charge on any atom is -0.492 e. The average molecular weight is 391 g/mol. The Morgan fingerprint density at radius 1 is 1.26 bits per heavy atom. The lowest BCUT2D eigenvalue weighted by Gasteiger charge is -2.06. The molecule has 27 heavy (non-hydrogen) atoms. The van der Waals surface area contributed by atoms with Crippen molar-refractivity contribution in [3.8, 4) is 17.2 Å². The van der Waals surface area contributed by atoms with Crippen LogP contribution in [0.15, 0.2) is 42.5 Å². The fourth-order valence-electron chi connectivity index (χ4n) is 2.34. The molecule has 0 unspecified atom stereocenters. The first-order valence-electron chi connectivity index (χ1n) is 7.95. The highest BCUT2D eigenvalue weighted by molar-refractivity contribution is 6.30. The Hall–Kier alpha value is -3.26. The van der Waals surface area contributed by atoms with Crippen LogP contribution in [0.5, 0.6) is 17.2 Å². The average Bonchev–Trinajstić information content (AvgIpc) is 3.11. The number of amides is 1. The number of carbonyl (C=O) groups is 1. The normalized spacial score (nSPS) is 12.2. The van der Waals surface area contributed by atoms with E-state index >= 15 is 0 Å². The summed E-state index contributed by atoms with van der Waals surface area (Å²) in [6.45, 7) is 0.550. The summed E-state index contributed by atoms with van der Waals surface area (Å²) in [6, 6.07) is 9.60. The maximum atomic E-state index is 11.9. The Balaban J connectivity index is 1.54. The minimum atomic E-state index is -0.542. The molecule has 8 nitrogen and oxygen atoms in total. The first-order valence-corrected chi connectivity index (χ1v) is 8.33. The number of carbonyl (C=O) groups excluding carboxylic acids is 1.